The number of benzene rings is 1. The first kappa shape index (κ1) is 11.3. The highest BCUT2D eigenvalue weighted by molar-refractivity contribution is 5.47. The van der Waals surface area contributed by atoms with E-state index >= 15 is 0 Å². The summed E-state index contributed by atoms with van der Waals surface area (Å²) in [5, 5.41) is 3.38. The quantitative estimate of drug-likeness (QED) is 0.848. The van der Waals surface area contributed by atoms with Crippen LogP contribution in [0, 0.1) is 0 Å². The fraction of sp³-hybridized carbons (Fsp3) is 0.538. The second-order valence-corrected chi connectivity index (χ2v) is 4.10. The van der Waals surface area contributed by atoms with Gasteiger partial charge in [0.15, 0.2) is 0 Å². The maximum absolute atomic E-state index is 5.44. The van der Waals surface area contributed by atoms with Crippen LogP contribution in [-0.4, -0.2) is 27.3 Å². The molecule has 1 aliphatic rings. The summed E-state index contributed by atoms with van der Waals surface area (Å²) >= 11 is 0. The van der Waals surface area contributed by atoms with E-state index in [2.05, 4.69) is 5.32 Å². The number of piperidine rings is 1. The van der Waals surface area contributed by atoms with Crippen molar-refractivity contribution in [2.45, 2.75) is 18.8 Å². The van der Waals surface area contributed by atoms with E-state index in [0.29, 0.717) is 5.92 Å². The normalized spacial score (nSPS) is 17.1. The molecular formula is C13H19NO2. The molecule has 1 fully saturated rings. The Morgan fingerprint density at radius 3 is 2.12 bits per heavy atom. The molecular weight excluding hydrogens is 202 g/mol. The van der Waals surface area contributed by atoms with Crippen molar-refractivity contribution >= 4 is 0 Å². The Bertz CT molecular complexity index is 324. The minimum absolute atomic E-state index is 0.548. The maximum atomic E-state index is 5.44. The third-order valence-corrected chi connectivity index (χ3v) is 3.21. The topological polar surface area (TPSA) is 30.5 Å². The predicted octanol–water partition coefficient (Wildman–Crippen LogP) is 2.17. The van der Waals surface area contributed by atoms with E-state index in [0.717, 1.165) is 37.4 Å². The van der Waals surface area contributed by atoms with E-state index in [1.165, 1.54) is 5.56 Å². The van der Waals surface area contributed by atoms with E-state index < -0.39 is 0 Å². The number of rotatable bonds is 3. The van der Waals surface area contributed by atoms with Crippen molar-refractivity contribution in [2.75, 3.05) is 27.3 Å². The fourth-order valence-electron chi connectivity index (χ4n) is 2.39. The number of ether oxygens (including phenoxy) is 2. The lowest BCUT2D eigenvalue weighted by Crippen LogP contribution is -2.27. The molecule has 3 nitrogen and oxygen atoms in total. The first-order chi connectivity index (χ1) is 7.86. The van der Waals surface area contributed by atoms with Crippen LogP contribution >= 0.6 is 0 Å². The van der Waals surface area contributed by atoms with Crippen LogP contribution < -0.4 is 14.8 Å². The smallest absolute Gasteiger partial charge is 0.126 e. The zero-order valence-corrected chi connectivity index (χ0v) is 9.95. The lowest BCUT2D eigenvalue weighted by Gasteiger charge is -2.26. The number of hydrogen-bond acceptors (Lipinski definition) is 3. The van der Waals surface area contributed by atoms with Gasteiger partial charge in [-0.3, -0.25) is 0 Å². The predicted molar refractivity (Wildman–Crippen MR) is 64.4 cm³/mol. The van der Waals surface area contributed by atoms with Crippen molar-refractivity contribution in [3.8, 4) is 11.5 Å². The second-order valence-electron chi connectivity index (χ2n) is 4.10. The summed E-state index contributed by atoms with van der Waals surface area (Å²) in [6.45, 7) is 2.15. The van der Waals surface area contributed by atoms with Crippen LogP contribution in [0.25, 0.3) is 0 Å². The molecule has 0 aromatic heterocycles. The standard InChI is InChI=1S/C13H19NO2/c1-15-11-4-3-5-12(16-2)13(11)10-6-8-14-9-7-10/h3-5,10,14H,6-9H2,1-2H3. The third-order valence-electron chi connectivity index (χ3n) is 3.21. The average molecular weight is 221 g/mol. The van der Waals surface area contributed by atoms with Crippen LogP contribution in [0.2, 0.25) is 0 Å². The van der Waals surface area contributed by atoms with Gasteiger partial charge < -0.3 is 14.8 Å². The van der Waals surface area contributed by atoms with E-state index in [1.807, 2.05) is 18.2 Å². The van der Waals surface area contributed by atoms with Crippen LogP contribution in [0.15, 0.2) is 18.2 Å². The molecule has 1 aromatic rings. The Kier molecular flexibility index (Phi) is 3.67. The molecule has 0 bridgehead atoms. The molecule has 1 aromatic carbocycles. The zero-order valence-electron chi connectivity index (χ0n) is 9.95. The van der Waals surface area contributed by atoms with Gasteiger partial charge in [-0.1, -0.05) is 6.07 Å². The van der Waals surface area contributed by atoms with Crippen molar-refractivity contribution in [2.24, 2.45) is 0 Å². The first-order valence-electron chi connectivity index (χ1n) is 5.78. The molecule has 0 atom stereocenters. The van der Waals surface area contributed by atoms with Crippen molar-refractivity contribution in [3.05, 3.63) is 23.8 Å². The molecule has 1 saturated heterocycles. The second kappa shape index (κ2) is 5.21. The molecule has 0 aliphatic carbocycles. The average Bonchev–Trinajstić information content (AvgIpc) is 2.38. The molecule has 2 rings (SSSR count). The summed E-state index contributed by atoms with van der Waals surface area (Å²) in [6, 6.07) is 6.00. The van der Waals surface area contributed by atoms with Crippen LogP contribution in [0.4, 0.5) is 0 Å². The van der Waals surface area contributed by atoms with E-state index in [4.69, 9.17) is 9.47 Å². The summed E-state index contributed by atoms with van der Waals surface area (Å²) in [7, 11) is 3.44. The van der Waals surface area contributed by atoms with Gasteiger partial charge in [0.1, 0.15) is 11.5 Å². The first-order valence-corrected chi connectivity index (χ1v) is 5.78. The van der Waals surface area contributed by atoms with Gasteiger partial charge in [0.25, 0.3) is 0 Å². The highest BCUT2D eigenvalue weighted by atomic mass is 16.5. The third kappa shape index (κ3) is 2.14. The summed E-state index contributed by atoms with van der Waals surface area (Å²) in [5.74, 6) is 2.45. The SMILES string of the molecule is COc1cccc(OC)c1C1CCNCC1. The molecule has 1 heterocycles. The Labute approximate surface area is 96.8 Å². The van der Waals surface area contributed by atoms with Gasteiger partial charge in [0, 0.05) is 5.56 Å². The Balaban J connectivity index is 2.34. The van der Waals surface area contributed by atoms with Gasteiger partial charge in [-0.2, -0.15) is 0 Å². The largest absolute Gasteiger partial charge is 0.496 e. The van der Waals surface area contributed by atoms with E-state index in [1.54, 1.807) is 14.2 Å². The van der Waals surface area contributed by atoms with Crippen LogP contribution in [0.3, 0.4) is 0 Å². The van der Waals surface area contributed by atoms with Gasteiger partial charge in [-0.15, -0.1) is 0 Å². The van der Waals surface area contributed by atoms with Gasteiger partial charge in [-0.05, 0) is 44.0 Å². The summed E-state index contributed by atoms with van der Waals surface area (Å²) in [6.07, 6.45) is 2.30. The number of nitrogens with one attached hydrogen (secondary N) is 1. The summed E-state index contributed by atoms with van der Waals surface area (Å²) < 4.78 is 10.9. The van der Waals surface area contributed by atoms with Crippen molar-refractivity contribution in [1.82, 2.24) is 5.32 Å². The highest BCUT2D eigenvalue weighted by Crippen LogP contribution is 2.39. The molecule has 16 heavy (non-hydrogen) atoms. The Morgan fingerprint density at radius 2 is 1.62 bits per heavy atom. The molecule has 1 aliphatic heterocycles. The fourth-order valence-corrected chi connectivity index (χ4v) is 2.39. The highest BCUT2D eigenvalue weighted by Gasteiger charge is 2.22. The minimum atomic E-state index is 0.548. The summed E-state index contributed by atoms with van der Waals surface area (Å²) in [5.41, 5.74) is 1.23. The maximum Gasteiger partial charge on any atom is 0.126 e. The van der Waals surface area contributed by atoms with Gasteiger partial charge in [0.05, 0.1) is 14.2 Å². The summed E-state index contributed by atoms with van der Waals surface area (Å²) in [4.78, 5) is 0. The number of methoxy groups -OCH3 is 2. The van der Waals surface area contributed by atoms with Gasteiger partial charge in [-0.25, -0.2) is 0 Å². The van der Waals surface area contributed by atoms with E-state index in [-0.39, 0.29) is 0 Å². The minimum Gasteiger partial charge on any atom is -0.496 e. The van der Waals surface area contributed by atoms with Crippen LogP contribution in [0.1, 0.15) is 24.3 Å². The van der Waals surface area contributed by atoms with Gasteiger partial charge >= 0.3 is 0 Å². The molecule has 0 saturated carbocycles. The van der Waals surface area contributed by atoms with E-state index in [9.17, 15) is 0 Å². The van der Waals surface area contributed by atoms with Crippen molar-refractivity contribution in [1.29, 1.82) is 0 Å². The van der Waals surface area contributed by atoms with Gasteiger partial charge in [0.2, 0.25) is 0 Å². The van der Waals surface area contributed by atoms with Crippen molar-refractivity contribution < 1.29 is 9.47 Å². The molecule has 0 amide bonds. The molecule has 0 spiro atoms. The monoisotopic (exact) mass is 221 g/mol. The molecule has 1 N–H and O–H groups in total. The van der Waals surface area contributed by atoms with Crippen molar-refractivity contribution in [3.63, 3.8) is 0 Å². The zero-order chi connectivity index (χ0) is 11.4. The number of hydrogen-bond donors (Lipinski definition) is 1. The Morgan fingerprint density at radius 1 is 1.06 bits per heavy atom. The molecule has 0 radical (unpaired) electrons. The Hall–Kier alpha value is -1.22. The van der Waals surface area contributed by atoms with Crippen LogP contribution in [0.5, 0.6) is 11.5 Å². The lowest BCUT2D eigenvalue weighted by atomic mass is 9.89. The lowest BCUT2D eigenvalue weighted by molar-refractivity contribution is 0.363. The molecule has 88 valence electrons. The molecule has 0 unspecified atom stereocenters. The molecule has 3 heteroatoms. The van der Waals surface area contributed by atoms with Crippen LogP contribution in [-0.2, 0) is 0 Å².